The summed E-state index contributed by atoms with van der Waals surface area (Å²) in [6, 6.07) is 5.31. The third-order valence-corrected chi connectivity index (χ3v) is 6.95. The standard InChI is InChI=1S/C14H20N2O2S3/c1-3-15-8-6-13-4-5-14(20-13)21(17,18)16-11(2)12-7-9-19-10-12/h4-5,7,9-11,15-16H,3,6,8H2,1-2H3. The van der Waals surface area contributed by atoms with Gasteiger partial charge in [0.1, 0.15) is 4.21 Å². The van der Waals surface area contributed by atoms with Crippen LogP contribution >= 0.6 is 22.7 Å². The van der Waals surface area contributed by atoms with E-state index >= 15 is 0 Å². The summed E-state index contributed by atoms with van der Waals surface area (Å²) in [5.74, 6) is 0. The molecule has 7 heteroatoms. The quantitative estimate of drug-likeness (QED) is 0.724. The highest BCUT2D eigenvalue weighted by Gasteiger charge is 2.20. The molecule has 0 amide bonds. The molecule has 0 saturated heterocycles. The van der Waals surface area contributed by atoms with E-state index in [1.807, 2.05) is 29.8 Å². The van der Waals surface area contributed by atoms with Crippen LogP contribution in [-0.4, -0.2) is 21.5 Å². The third kappa shape index (κ3) is 4.62. The Morgan fingerprint density at radius 1 is 1.29 bits per heavy atom. The molecule has 1 unspecified atom stereocenters. The summed E-state index contributed by atoms with van der Waals surface area (Å²) in [5, 5.41) is 7.15. The fourth-order valence-corrected chi connectivity index (χ4v) is 5.26. The molecular formula is C14H20N2O2S3. The van der Waals surface area contributed by atoms with Crippen molar-refractivity contribution in [2.45, 2.75) is 30.5 Å². The average Bonchev–Trinajstić information content (AvgIpc) is 3.10. The van der Waals surface area contributed by atoms with Gasteiger partial charge in [-0.1, -0.05) is 6.92 Å². The maximum absolute atomic E-state index is 12.4. The third-order valence-electron chi connectivity index (χ3n) is 3.08. The van der Waals surface area contributed by atoms with Gasteiger partial charge in [0.25, 0.3) is 10.0 Å². The molecule has 1 atom stereocenters. The van der Waals surface area contributed by atoms with Gasteiger partial charge in [-0.3, -0.25) is 0 Å². The zero-order valence-electron chi connectivity index (χ0n) is 12.1. The van der Waals surface area contributed by atoms with Crippen molar-refractivity contribution in [2.24, 2.45) is 0 Å². The van der Waals surface area contributed by atoms with E-state index in [0.29, 0.717) is 4.21 Å². The Labute approximate surface area is 134 Å². The first-order valence-corrected chi connectivity index (χ1v) is 10.1. The Morgan fingerprint density at radius 3 is 2.76 bits per heavy atom. The molecule has 0 aliphatic carbocycles. The van der Waals surface area contributed by atoms with Crippen LogP contribution in [0, 0.1) is 0 Å². The van der Waals surface area contributed by atoms with E-state index in [1.165, 1.54) is 11.3 Å². The molecule has 0 aliphatic heterocycles. The van der Waals surface area contributed by atoms with Gasteiger partial charge in [0.15, 0.2) is 0 Å². The van der Waals surface area contributed by atoms with Crippen molar-refractivity contribution in [2.75, 3.05) is 13.1 Å². The van der Waals surface area contributed by atoms with Gasteiger partial charge in [0, 0.05) is 10.9 Å². The number of sulfonamides is 1. The molecule has 0 spiro atoms. The van der Waals surface area contributed by atoms with Gasteiger partial charge in [-0.15, -0.1) is 11.3 Å². The second kappa shape index (κ2) is 7.51. The smallest absolute Gasteiger partial charge is 0.250 e. The van der Waals surface area contributed by atoms with E-state index in [4.69, 9.17) is 0 Å². The minimum Gasteiger partial charge on any atom is -0.317 e. The zero-order chi connectivity index (χ0) is 15.3. The molecule has 2 aromatic heterocycles. The summed E-state index contributed by atoms with van der Waals surface area (Å²) in [4.78, 5) is 1.08. The van der Waals surface area contributed by atoms with Crippen molar-refractivity contribution in [3.05, 3.63) is 39.4 Å². The fraction of sp³-hybridized carbons (Fsp3) is 0.429. The fourth-order valence-electron chi connectivity index (χ4n) is 1.91. The molecule has 0 fully saturated rings. The summed E-state index contributed by atoms with van der Waals surface area (Å²) in [6.07, 6.45) is 0.855. The minimum absolute atomic E-state index is 0.214. The van der Waals surface area contributed by atoms with Crippen LogP contribution in [0.3, 0.4) is 0 Å². The summed E-state index contributed by atoms with van der Waals surface area (Å²) >= 11 is 2.91. The molecule has 2 aromatic rings. The van der Waals surface area contributed by atoms with E-state index in [0.717, 1.165) is 30.0 Å². The van der Waals surface area contributed by atoms with Crippen LogP contribution in [0.1, 0.15) is 30.3 Å². The van der Waals surface area contributed by atoms with Gasteiger partial charge in [-0.05, 0) is 61.0 Å². The monoisotopic (exact) mass is 344 g/mol. The molecule has 0 saturated carbocycles. The maximum atomic E-state index is 12.4. The van der Waals surface area contributed by atoms with Crippen LogP contribution in [0.25, 0.3) is 0 Å². The van der Waals surface area contributed by atoms with Gasteiger partial charge < -0.3 is 5.32 Å². The molecule has 21 heavy (non-hydrogen) atoms. The summed E-state index contributed by atoms with van der Waals surface area (Å²) in [7, 11) is -3.44. The lowest BCUT2D eigenvalue weighted by Crippen LogP contribution is -2.25. The first-order valence-electron chi connectivity index (χ1n) is 6.87. The minimum atomic E-state index is -3.44. The van der Waals surface area contributed by atoms with Crippen molar-refractivity contribution in [3.63, 3.8) is 0 Å². The van der Waals surface area contributed by atoms with Crippen LogP contribution in [0.2, 0.25) is 0 Å². The Balaban J connectivity index is 2.02. The summed E-state index contributed by atoms with van der Waals surface area (Å²) < 4.78 is 27.9. The molecule has 2 rings (SSSR count). The van der Waals surface area contributed by atoms with E-state index in [2.05, 4.69) is 17.0 Å². The van der Waals surface area contributed by atoms with E-state index in [-0.39, 0.29) is 6.04 Å². The number of rotatable bonds is 8. The normalized spacial score (nSPS) is 13.4. The van der Waals surface area contributed by atoms with Gasteiger partial charge in [-0.25, -0.2) is 13.1 Å². The van der Waals surface area contributed by atoms with E-state index in [9.17, 15) is 8.42 Å². The van der Waals surface area contributed by atoms with Crippen LogP contribution < -0.4 is 10.0 Å². The Bertz CT molecular complexity index is 648. The van der Waals surface area contributed by atoms with E-state index in [1.54, 1.807) is 17.4 Å². The molecule has 2 heterocycles. The highest BCUT2D eigenvalue weighted by atomic mass is 32.2. The molecule has 0 radical (unpaired) electrons. The van der Waals surface area contributed by atoms with Gasteiger partial charge in [0.05, 0.1) is 0 Å². The van der Waals surface area contributed by atoms with Crippen LogP contribution in [0.15, 0.2) is 33.2 Å². The van der Waals surface area contributed by atoms with Gasteiger partial charge in [0.2, 0.25) is 0 Å². The second-order valence-electron chi connectivity index (χ2n) is 4.72. The molecule has 2 N–H and O–H groups in total. The van der Waals surface area contributed by atoms with Crippen molar-refractivity contribution in [3.8, 4) is 0 Å². The molecule has 0 bridgehead atoms. The van der Waals surface area contributed by atoms with E-state index < -0.39 is 10.0 Å². The predicted molar refractivity (Wildman–Crippen MR) is 89.6 cm³/mol. The lowest BCUT2D eigenvalue weighted by molar-refractivity contribution is 0.569. The molecule has 116 valence electrons. The number of nitrogens with one attached hydrogen (secondary N) is 2. The van der Waals surface area contributed by atoms with Crippen molar-refractivity contribution >= 4 is 32.7 Å². The largest absolute Gasteiger partial charge is 0.317 e. The average molecular weight is 345 g/mol. The summed E-state index contributed by atoms with van der Waals surface area (Å²) in [5.41, 5.74) is 0.993. The van der Waals surface area contributed by atoms with Crippen molar-refractivity contribution < 1.29 is 8.42 Å². The topological polar surface area (TPSA) is 58.2 Å². The molecule has 0 aliphatic rings. The Kier molecular flexibility index (Phi) is 5.95. The zero-order valence-corrected chi connectivity index (χ0v) is 14.6. The number of hydrogen-bond donors (Lipinski definition) is 2. The lowest BCUT2D eigenvalue weighted by atomic mass is 10.2. The lowest BCUT2D eigenvalue weighted by Gasteiger charge is -2.11. The van der Waals surface area contributed by atoms with Gasteiger partial charge in [-0.2, -0.15) is 11.3 Å². The molecule has 0 aromatic carbocycles. The highest BCUT2D eigenvalue weighted by molar-refractivity contribution is 7.91. The predicted octanol–water partition coefficient (Wildman–Crippen LogP) is 3.00. The number of likely N-dealkylation sites (N-methyl/N-ethyl adjacent to an activating group) is 1. The van der Waals surface area contributed by atoms with Crippen LogP contribution in [-0.2, 0) is 16.4 Å². The van der Waals surface area contributed by atoms with Crippen LogP contribution in [0.4, 0.5) is 0 Å². The maximum Gasteiger partial charge on any atom is 0.250 e. The molecular weight excluding hydrogens is 324 g/mol. The van der Waals surface area contributed by atoms with Crippen molar-refractivity contribution in [1.82, 2.24) is 10.0 Å². The molecule has 4 nitrogen and oxygen atoms in total. The van der Waals surface area contributed by atoms with Crippen molar-refractivity contribution in [1.29, 1.82) is 0 Å². The first kappa shape index (κ1) is 16.6. The highest BCUT2D eigenvalue weighted by Crippen LogP contribution is 2.24. The summed E-state index contributed by atoms with van der Waals surface area (Å²) in [6.45, 7) is 5.71. The Morgan fingerprint density at radius 2 is 2.10 bits per heavy atom. The SMILES string of the molecule is CCNCCc1ccc(S(=O)(=O)NC(C)c2ccsc2)s1. The number of thiophene rings is 2. The number of hydrogen-bond acceptors (Lipinski definition) is 5. The second-order valence-corrected chi connectivity index (χ2v) is 8.61. The van der Waals surface area contributed by atoms with Gasteiger partial charge >= 0.3 is 0 Å². The first-order chi connectivity index (χ1) is 10.0. The Hall–Kier alpha value is -0.730. The van der Waals surface area contributed by atoms with Crippen LogP contribution in [0.5, 0.6) is 0 Å².